The van der Waals surface area contributed by atoms with Gasteiger partial charge in [-0.25, -0.2) is 8.78 Å². The summed E-state index contributed by atoms with van der Waals surface area (Å²) in [5.74, 6) is -1.36. The Hall–Kier alpha value is -1.50. The maximum atomic E-state index is 13.6. The van der Waals surface area contributed by atoms with Crippen LogP contribution >= 0.6 is 11.6 Å². The fourth-order valence-corrected chi connectivity index (χ4v) is 2.32. The van der Waals surface area contributed by atoms with Crippen LogP contribution in [0.1, 0.15) is 17.4 Å². The molecule has 1 heterocycles. The summed E-state index contributed by atoms with van der Waals surface area (Å²) in [5, 5.41) is 14.6. The highest BCUT2D eigenvalue weighted by Crippen LogP contribution is 2.26. The quantitative estimate of drug-likeness (QED) is 0.891. The van der Waals surface area contributed by atoms with Gasteiger partial charge in [-0.1, -0.05) is 17.7 Å². The summed E-state index contributed by atoms with van der Waals surface area (Å²) < 4.78 is 33.0. The lowest BCUT2D eigenvalue weighted by atomic mass is 10.0. The van der Waals surface area contributed by atoms with Gasteiger partial charge >= 0.3 is 0 Å². The normalized spacial score (nSPS) is 12.6. The number of nitrogens with zero attached hydrogens (tertiary/aromatic N) is 2. The maximum absolute atomic E-state index is 13.6. The minimum absolute atomic E-state index is 0.0233. The lowest BCUT2D eigenvalue weighted by molar-refractivity contribution is 0.152. The number of ether oxygens (including phenoxy) is 1. The molecule has 1 aromatic carbocycles. The van der Waals surface area contributed by atoms with Gasteiger partial charge in [0.25, 0.3) is 0 Å². The molecule has 1 N–H and O–H groups in total. The van der Waals surface area contributed by atoms with Crippen LogP contribution in [0.25, 0.3) is 0 Å². The number of hydrogen-bond donors (Lipinski definition) is 1. The largest absolute Gasteiger partial charge is 0.386 e. The molecule has 114 valence electrons. The van der Waals surface area contributed by atoms with E-state index in [0.717, 1.165) is 12.1 Å². The van der Waals surface area contributed by atoms with Crippen LogP contribution in [-0.2, 0) is 17.7 Å². The van der Waals surface area contributed by atoms with Crippen molar-refractivity contribution in [3.8, 4) is 0 Å². The van der Waals surface area contributed by atoms with Gasteiger partial charge in [0.2, 0.25) is 0 Å². The molecule has 21 heavy (non-hydrogen) atoms. The third-order valence-corrected chi connectivity index (χ3v) is 3.38. The van der Waals surface area contributed by atoms with Crippen molar-refractivity contribution in [2.75, 3.05) is 13.7 Å². The van der Waals surface area contributed by atoms with Gasteiger partial charge in [0.1, 0.15) is 17.7 Å². The first-order valence-electron chi connectivity index (χ1n) is 6.35. The second-order valence-corrected chi connectivity index (χ2v) is 4.96. The van der Waals surface area contributed by atoms with Crippen molar-refractivity contribution in [1.29, 1.82) is 0 Å². The van der Waals surface area contributed by atoms with Crippen molar-refractivity contribution >= 4 is 11.6 Å². The average Bonchev–Trinajstić information content (AvgIpc) is 2.80. The van der Waals surface area contributed by atoms with E-state index in [0.29, 0.717) is 23.9 Å². The molecule has 2 rings (SSSR count). The smallest absolute Gasteiger partial charge is 0.129 e. The summed E-state index contributed by atoms with van der Waals surface area (Å²) in [4.78, 5) is 0. The molecule has 1 aromatic heterocycles. The van der Waals surface area contributed by atoms with E-state index in [-0.39, 0.29) is 12.0 Å². The molecule has 4 nitrogen and oxygen atoms in total. The van der Waals surface area contributed by atoms with Crippen molar-refractivity contribution in [2.24, 2.45) is 0 Å². The van der Waals surface area contributed by atoms with Crippen molar-refractivity contribution in [1.82, 2.24) is 9.78 Å². The highest BCUT2D eigenvalue weighted by molar-refractivity contribution is 6.31. The van der Waals surface area contributed by atoms with E-state index < -0.39 is 17.7 Å². The first-order valence-corrected chi connectivity index (χ1v) is 6.73. The average molecular weight is 317 g/mol. The van der Waals surface area contributed by atoms with Gasteiger partial charge < -0.3 is 9.84 Å². The molecule has 0 radical (unpaired) electrons. The number of hydrogen-bond acceptors (Lipinski definition) is 3. The SMILES string of the molecule is COCCn1ncc(Cl)c1C(O)Cc1ccc(F)cc1F. The molecule has 1 unspecified atom stereocenters. The minimum Gasteiger partial charge on any atom is -0.386 e. The molecule has 0 saturated heterocycles. The van der Waals surface area contributed by atoms with E-state index in [1.165, 1.54) is 16.9 Å². The standard InChI is InChI=1S/C14H15ClF2N2O2/c1-21-5-4-19-14(11(15)8-18-19)13(20)6-9-2-3-10(16)7-12(9)17/h2-3,7-8,13,20H,4-6H2,1H3. The van der Waals surface area contributed by atoms with Gasteiger partial charge in [0.15, 0.2) is 0 Å². The third-order valence-electron chi connectivity index (χ3n) is 3.08. The van der Waals surface area contributed by atoms with Crippen LogP contribution in [0.3, 0.4) is 0 Å². The summed E-state index contributed by atoms with van der Waals surface area (Å²) in [5.41, 5.74) is 0.594. The summed E-state index contributed by atoms with van der Waals surface area (Å²) in [6.07, 6.45) is 0.346. The summed E-state index contributed by atoms with van der Waals surface area (Å²) in [6, 6.07) is 3.23. The Bertz CT molecular complexity index is 619. The Morgan fingerprint density at radius 1 is 1.43 bits per heavy atom. The predicted molar refractivity (Wildman–Crippen MR) is 74.1 cm³/mol. The monoisotopic (exact) mass is 316 g/mol. The van der Waals surface area contributed by atoms with Crippen LogP contribution in [0.4, 0.5) is 8.78 Å². The Kier molecular flexibility index (Phi) is 5.27. The van der Waals surface area contributed by atoms with Gasteiger partial charge in [-0.2, -0.15) is 5.10 Å². The third kappa shape index (κ3) is 3.78. The van der Waals surface area contributed by atoms with Crippen LogP contribution < -0.4 is 0 Å². The summed E-state index contributed by atoms with van der Waals surface area (Å²) in [6.45, 7) is 0.824. The molecule has 2 aromatic rings. The lowest BCUT2D eigenvalue weighted by Gasteiger charge is -2.14. The van der Waals surface area contributed by atoms with Crippen molar-refractivity contribution < 1.29 is 18.6 Å². The van der Waals surface area contributed by atoms with Gasteiger partial charge in [0, 0.05) is 19.6 Å². The fourth-order valence-electron chi connectivity index (χ4n) is 2.05. The topological polar surface area (TPSA) is 47.3 Å². The number of aromatic nitrogens is 2. The molecular formula is C14H15ClF2N2O2. The van der Waals surface area contributed by atoms with Gasteiger partial charge in [0.05, 0.1) is 30.1 Å². The highest BCUT2D eigenvalue weighted by Gasteiger charge is 2.20. The van der Waals surface area contributed by atoms with Gasteiger partial charge in [-0.15, -0.1) is 0 Å². The number of rotatable bonds is 6. The van der Waals surface area contributed by atoms with Crippen molar-refractivity contribution in [3.05, 3.63) is 52.3 Å². The number of aliphatic hydroxyl groups is 1. The van der Waals surface area contributed by atoms with E-state index in [1.54, 1.807) is 7.11 Å². The number of methoxy groups -OCH3 is 1. The zero-order valence-electron chi connectivity index (χ0n) is 11.4. The molecular weight excluding hydrogens is 302 g/mol. The Labute approximate surface area is 125 Å². The molecule has 0 fully saturated rings. The second kappa shape index (κ2) is 6.98. The number of halogens is 3. The molecule has 0 bridgehead atoms. The second-order valence-electron chi connectivity index (χ2n) is 4.55. The first kappa shape index (κ1) is 15.9. The summed E-state index contributed by atoms with van der Waals surface area (Å²) in [7, 11) is 1.55. The van der Waals surface area contributed by atoms with E-state index in [1.807, 2.05) is 0 Å². The van der Waals surface area contributed by atoms with Crippen LogP contribution in [0.5, 0.6) is 0 Å². The molecule has 0 aliphatic heterocycles. The molecule has 0 saturated carbocycles. The molecule has 0 aliphatic carbocycles. The van der Waals surface area contributed by atoms with Gasteiger partial charge in [-0.05, 0) is 11.6 Å². The van der Waals surface area contributed by atoms with Crippen LogP contribution in [0, 0.1) is 11.6 Å². The molecule has 0 spiro atoms. The van der Waals surface area contributed by atoms with Gasteiger partial charge in [-0.3, -0.25) is 4.68 Å². The van der Waals surface area contributed by atoms with E-state index in [4.69, 9.17) is 16.3 Å². The minimum atomic E-state index is -1.04. The predicted octanol–water partition coefficient (Wildman–Crippen LogP) is 2.74. The highest BCUT2D eigenvalue weighted by atomic mass is 35.5. The fraction of sp³-hybridized carbons (Fsp3) is 0.357. The Morgan fingerprint density at radius 3 is 2.86 bits per heavy atom. The van der Waals surface area contributed by atoms with Crippen molar-refractivity contribution in [2.45, 2.75) is 19.1 Å². The lowest BCUT2D eigenvalue weighted by Crippen LogP contribution is -2.14. The molecule has 7 heteroatoms. The van der Waals surface area contributed by atoms with Crippen molar-refractivity contribution in [3.63, 3.8) is 0 Å². The zero-order valence-corrected chi connectivity index (χ0v) is 12.1. The maximum Gasteiger partial charge on any atom is 0.129 e. The van der Waals surface area contributed by atoms with Crippen LogP contribution in [0.2, 0.25) is 5.02 Å². The molecule has 0 amide bonds. The van der Waals surface area contributed by atoms with E-state index in [9.17, 15) is 13.9 Å². The van der Waals surface area contributed by atoms with Crippen LogP contribution in [0.15, 0.2) is 24.4 Å². The molecule has 1 atom stereocenters. The molecule has 0 aliphatic rings. The van der Waals surface area contributed by atoms with E-state index >= 15 is 0 Å². The Balaban J connectivity index is 2.19. The zero-order chi connectivity index (χ0) is 15.4. The van der Waals surface area contributed by atoms with E-state index in [2.05, 4.69) is 5.10 Å². The first-order chi connectivity index (χ1) is 10.0. The van der Waals surface area contributed by atoms with Crippen LogP contribution in [-0.4, -0.2) is 28.6 Å². The summed E-state index contributed by atoms with van der Waals surface area (Å²) >= 11 is 6.01. The number of aliphatic hydroxyl groups excluding tert-OH is 1. The Morgan fingerprint density at radius 2 is 2.19 bits per heavy atom. The number of benzene rings is 1.